The molecule has 6 nitrogen and oxygen atoms in total. The van der Waals surface area contributed by atoms with Crippen molar-refractivity contribution in [2.45, 2.75) is 19.5 Å². The average molecular weight is 276 g/mol. The first-order chi connectivity index (χ1) is 9.49. The summed E-state index contributed by atoms with van der Waals surface area (Å²) in [5, 5.41) is 2.14. The Morgan fingerprint density at radius 2 is 2.00 bits per heavy atom. The van der Waals surface area contributed by atoms with E-state index in [4.69, 9.17) is 5.73 Å². The Labute approximate surface area is 118 Å². The van der Waals surface area contributed by atoms with Gasteiger partial charge in [-0.2, -0.15) is 0 Å². The van der Waals surface area contributed by atoms with E-state index in [-0.39, 0.29) is 5.91 Å². The third-order valence-electron chi connectivity index (χ3n) is 3.67. The molecule has 3 N–H and O–H groups in total. The summed E-state index contributed by atoms with van der Waals surface area (Å²) >= 11 is 0. The molecular weight excluding hydrogens is 256 g/mol. The summed E-state index contributed by atoms with van der Waals surface area (Å²) < 4.78 is 0. The molecule has 3 amide bonds. The second-order valence-electron chi connectivity index (χ2n) is 5.05. The van der Waals surface area contributed by atoms with Crippen LogP contribution in [-0.4, -0.2) is 43.0 Å². The molecule has 1 heterocycles. The van der Waals surface area contributed by atoms with Gasteiger partial charge in [0.25, 0.3) is 0 Å². The van der Waals surface area contributed by atoms with Crippen molar-refractivity contribution in [1.82, 2.24) is 10.2 Å². The largest absolute Gasteiger partial charge is 0.373 e. The molecule has 0 spiro atoms. The molecule has 1 aromatic carbocycles. The highest BCUT2D eigenvalue weighted by Crippen LogP contribution is 2.24. The smallest absolute Gasteiger partial charge is 0.318 e. The number of anilines is 1. The lowest BCUT2D eigenvalue weighted by Crippen LogP contribution is -2.49. The average Bonchev–Trinajstić information content (AvgIpc) is 2.57. The van der Waals surface area contributed by atoms with Crippen molar-refractivity contribution < 1.29 is 9.59 Å². The first-order valence-electron chi connectivity index (χ1n) is 6.62. The lowest BCUT2D eigenvalue weighted by Gasteiger charge is -2.26. The Bertz CT molecular complexity index is 518. The third-order valence-corrected chi connectivity index (χ3v) is 3.67. The molecule has 0 fully saturated rings. The summed E-state index contributed by atoms with van der Waals surface area (Å²) in [4.78, 5) is 26.9. The molecule has 0 aromatic heterocycles. The summed E-state index contributed by atoms with van der Waals surface area (Å²) in [5.41, 5.74) is 7.34. The van der Waals surface area contributed by atoms with E-state index in [0.29, 0.717) is 6.54 Å². The highest BCUT2D eigenvalue weighted by molar-refractivity contribution is 5.96. The van der Waals surface area contributed by atoms with Crippen LogP contribution in [-0.2, 0) is 11.3 Å². The number of carbonyl (C=O) groups is 2. The van der Waals surface area contributed by atoms with Gasteiger partial charge in [-0.15, -0.1) is 0 Å². The Balaban J connectivity index is 2.15. The van der Waals surface area contributed by atoms with Gasteiger partial charge in [0.1, 0.15) is 0 Å². The van der Waals surface area contributed by atoms with Crippen molar-refractivity contribution in [1.29, 1.82) is 0 Å². The van der Waals surface area contributed by atoms with Crippen LogP contribution in [0, 0.1) is 0 Å². The highest BCUT2D eigenvalue weighted by Gasteiger charge is 2.25. The van der Waals surface area contributed by atoms with Gasteiger partial charge in [0.05, 0.1) is 6.04 Å². The monoisotopic (exact) mass is 276 g/mol. The normalized spacial score (nSPS) is 17.0. The van der Waals surface area contributed by atoms with E-state index in [9.17, 15) is 9.59 Å². The molecule has 0 bridgehead atoms. The second-order valence-corrected chi connectivity index (χ2v) is 5.05. The Hall–Kier alpha value is -2.08. The molecular formula is C14H20N4O2. The molecule has 108 valence electrons. The summed E-state index contributed by atoms with van der Waals surface area (Å²) in [6.07, 6.45) is 0. The van der Waals surface area contributed by atoms with E-state index in [0.717, 1.165) is 13.1 Å². The number of nitrogens with one attached hydrogen (secondary N) is 1. The van der Waals surface area contributed by atoms with Crippen LogP contribution in [0.3, 0.4) is 0 Å². The van der Waals surface area contributed by atoms with Gasteiger partial charge in [-0.25, -0.2) is 4.79 Å². The topological polar surface area (TPSA) is 78.7 Å². The zero-order valence-corrected chi connectivity index (χ0v) is 11.8. The molecule has 6 heteroatoms. The first-order valence-corrected chi connectivity index (χ1v) is 6.62. The number of likely N-dealkylation sites (N-methyl/N-ethyl adjacent to an activating group) is 1. The zero-order valence-electron chi connectivity index (χ0n) is 11.8. The fourth-order valence-corrected chi connectivity index (χ4v) is 2.44. The third kappa shape index (κ3) is 3.08. The number of primary amides is 1. The SMILES string of the molecule is C[C@H](C(=O)NC(N)=O)N1CCN(C)c2ccccc2C1. The van der Waals surface area contributed by atoms with Crippen molar-refractivity contribution >= 4 is 17.6 Å². The van der Waals surface area contributed by atoms with Crippen molar-refractivity contribution in [2.24, 2.45) is 5.73 Å². The van der Waals surface area contributed by atoms with Crippen LogP contribution in [0.2, 0.25) is 0 Å². The minimum atomic E-state index is -0.811. The highest BCUT2D eigenvalue weighted by atomic mass is 16.2. The van der Waals surface area contributed by atoms with Gasteiger partial charge < -0.3 is 10.6 Å². The molecule has 20 heavy (non-hydrogen) atoms. The Morgan fingerprint density at radius 3 is 2.70 bits per heavy atom. The van der Waals surface area contributed by atoms with Crippen LogP contribution in [0.5, 0.6) is 0 Å². The van der Waals surface area contributed by atoms with Gasteiger partial charge in [0.15, 0.2) is 0 Å². The van der Waals surface area contributed by atoms with Gasteiger partial charge >= 0.3 is 6.03 Å². The number of nitrogens with two attached hydrogens (primary N) is 1. The fraction of sp³-hybridized carbons (Fsp3) is 0.429. The van der Waals surface area contributed by atoms with E-state index < -0.39 is 12.1 Å². The van der Waals surface area contributed by atoms with E-state index in [1.165, 1.54) is 11.3 Å². The fourth-order valence-electron chi connectivity index (χ4n) is 2.44. The van der Waals surface area contributed by atoms with Gasteiger partial charge in [-0.3, -0.25) is 15.0 Å². The number of carbonyl (C=O) groups excluding carboxylic acids is 2. The number of nitrogens with zero attached hydrogens (tertiary/aromatic N) is 2. The minimum Gasteiger partial charge on any atom is -0.373 e. The van der Waals surface area contributed by atoms with E-state index in [2.05, 4.69) is 22.3 Å². The Kier molecular flexibility index (Phi) is 4.24. The first kappa shape index (κ1) is 14.3. The lowest BCUT2D eigenvalue weighted by atomic mass is 10.1. The molecule has 0 unspecified atom stereocenters. The van der Waals surface area contributed by atoms with Crippen LogP contribution < -0.4 is 16.0 Å². The standard InChI is InChI=1S/C14H20N4O2/c1-10(13(19)16-14(15)20)18-8-7-17(2)12-6-4-3-5-11(12)9-18/h3-6,10H,7-9H2,1-2H3,(H3,15,16,19,20)/t10-/m1/s1. The van der Waals surface area contributed by atoms with Crippen LogP contribution in [0.15, 0.2) is 24.3 Å². The van der Waals surface area contributed by atoms with Gasteiger partial charge in [0.2, 0.25) is 5.91 Å². The van der Waals surface area contributed by atoms with Gasteiger partial charge in [-0.1, -0.05) is 18.2 Å². The van der Waals surface area contributed by atoms with Crippen molar-refractivity contribution in [2.75, 3.05) is 25.0 Å². The molecule has 2 rings (SSSR count). The zero-order chi connectivity index (χ0) is 14.7. The number of hydrogen-bond donors (Lipinski definition) is 2. The molecule has 0 saturated carbocycles. The molecule has 1 aliphatic heterocycles. The second kappa shape index (κ2) is 5.92. The predicted octanol–water partition coefficient (Wildman–Crippen LogP) is 0.522. The van der Waals surface area contributed by atoms with Crippen molar-refractivity contribution in [3.05, 3.63) is 29.8 Å². The molecule has 1 aromatic rings. The predicted molar refractivity (Wildman–Crippen MR) is 77.3 cm³/mol. The van der Waals surface area contributed by atoms with Gasteiger partial charge in [-0.05, 0) is 18.6 Å². The quantitative estimate of drug-likeness (QED) is 0.825. The number of hydrogen-bond acceptors (Lipinski definition) is 4. The molecule has 0 aliphatic carbocycles. The van der Waals surface area contributed by atoms with Crippen LogP contribution >= 0.6 is 0 Å². The van der Waals surface area contributed by atoms with Gasteiger partial charge in [0, 0.05) is 32.4 Å². The van der Waals surface area contributed by atoms with Crippen LogP contribution in [0.4, 0.5) is 10.5 Å². The molecule has 1 atom stereocenters. The summed E-state index contributed by atoms with van der Waals surface area (Å²) in [6.45, 7) is 4.03. The summed E-state index contributed by atoms with van der Waals surface area (Å²) in [6, 6.07) is 6.92. The maximum Gasteiger partial charge on any atom is 0.318 e. The number of para-hydroxylation sites is 1. The maximum absolute atomic E-state index is 11.9. The number of rotatable bonds is 2. The lowest BCUT2D eigenvalue weighted by molar-refractivity contribution is -0.124. The van der Waals surface area contributed by atoms with Crippen LogP contribution in [0.1, 0.15) is 12.5 Å². The summed E-state index contributed by atoms with van der Waals surface area (Å²) in [5.74, 6) is -0.362. The van der Waals surface area contributed by atoms with E-state index in [1.54, 1.807) is 6.92 Å². The maximum atomic E-state index is 11.9. The number of imide groups is 1. The molecule has 0 radical (unpaired) electrons. The van der Waals surface area contributed by atoms with E-state index >= 15 is 0 Å². The molecule has 0 saturated heterocycles. The number of amides is 3. The van der Waals surface area contributed by atoms with Crippen molar-refractivity contribution in [3.63, 3.8) is 0 Å². The minimum absolute atomic E-state index is 0.362. The number of urea groups is 1. The molecule has 1 aliphatic rings. The number of fused-ring (bicyclic) bond motifs is 1. The number of benzene rings is 1. The van der Waals surface area contributed by atoms with E-state index in [1.807, 2.05) is 24.1 Å². The summed E-state index contributed by atoms with van der Waals surface area (Å²) in [7, 11) is 2.04. The Morgan fingerprint density at radius 1 is 1.30 bits per heavy atom. The van der Waals surface area contributed by atoms with Crippen LogP contribution in [0.25, 0.3) is 0 Å². The van der Waals surface area contributed by atoms with Crippen molar-refractivity contribution in [3.8, 4) is 0 Å².